The molecule has 41 heavy (non-hydrogen) atoms. The van der Waals surface area contributed by atoms with Crippen molar-refractivity contribution in [2.24, 2.45) is 0 Å². The Morgan fingerprint density at radius 2 is 2.00 bits per heavy atom. The van der Waals surface area contributed by atoms with Crippen molar-refractivity contribution in [3.8, 4) is 23.1 Å². The van der Waals surface area contributed by atoms with Crippen LogP contribution in [-0.4, -0.2) is 81.0 Å². The molecular weight excluding hydrogens is 528 g/mol. The molecule has 1 N–H and O–H groups in total. The fourth-order valence-corrected chi connectivity index (χ4v) is 5.54. The molecule has 1 unspecified atom stereocenters. The zero-order chi connectivity index (χ0) is 28.3. The Labute approximate surface area is 237 Å². The number of aromatic nitrogens is 3. The summed E-state index contributed by atoms with van der Waals surface area (Å²) in [6, 6.07) is 8.55. The molecule has 214 valence electrons. The van der Waals surface area contributed by atoms with Crippen LogP contribution in [0.15, 0.2) is 41.1 Å². The number of benzene rings is 1. The third-order valence-electron chi connectivity index (χ3n) is 7.70. The first-order valence-corrected chi connectivity index (χ1v) is 14.0. The first-order chi connectivity index (χ1) is 19.9. The molecule has 2 aromatic heterocycles. The number of hydrogen-bond donors (Lipinski definition) is 1. The van der Waals surface area contributed by atoms with Crippen molar-refractivity contribution in [2.75, 3.05) is 26.3 Å². The van der Waals surface area contributed by atoms with Gasteiger partial charge in [-0.15, -0.1) is 0 Å². The summed E-state index contributed by atoms with van der Waals surface area (Å²) in [5.41, 5.74) is 1.68. The number of likely N-dealkylation sites (tertiary alicyclic amines) is 2. The van der Waals surface area contributed by atoms with Crippen LogP contribution in [0.1, 0.15) is 53.8 Å². The second kappa shape index (κ2) is 11.7. The Bertz CT molecular complexity index is 1430. The van der Waals surface area contributed by atoms with Crippen LogP contribution in [-0.2, 0) is 20.9 Å². The number of ether oxygens (including phenoxy) is 2. The van der Waals surface area contributed by atoms with E-state index in [2.05, 4.69) is 20.4 Å². The number of rotatable bonds is 8. The van der Waals surface area contributed by atoms with Gasteiger partial charge in [0.25, 0.3) is 11.8 Å². The Balaban J connectivity index is 1.19. The molecular formula is C29H32N6O6. The quantitative estimate of drug-likeness (QED) is 0.440. The van der Waals surface area contributed by atoms with Crippen LogP contribution in [0.4, 0.5) is 0 Å². The van der Waals surface area contributed by atoms with Crippen LogP contribution < -0.4 is 10.1 Å². The van der Waals surface area contributed by atoms with Crippen LogP contribution >= 0.6 is 0 Å². The van der Waals surface area contributed by atoms with Crippen molar-refractivity contribution in [1.82, 2.24) is 30.2 Å². The fraction of sp³-hybridized carbons (Fsp3) is 0.448. The summed E-state index contributed by atoms with van der Waals surface area (Å²) in [6.45, 7) is 4.58. The van der Waals surface area contributed by atoms with Crippen LogP contribution in [0.25, 0.3) is 11.6 Å². The minimum Gasteiger partial charge on any atom is -0.455 e. The summed E-state index contributed by atoms with van der Waals surface area (Å²) in [5.74, 6) is 1.59. The molecule has 6 rings (SSSR count). The van der Waals surface area contributed by atoms with Gasteiger partial charge in [0.1, 0.15) is 17.2 Å². The van der Waals surface area contributed by atoms with Crippen molar-refractivity contribution in [3.63, 3.8) is 0 Å². The van der Waals surface area contributed by atoms with Crippen LogP contribution in [0.3, 0.4) is 0 Å². The molecule has 12 heteroatoms. The fourth-order valence-electron chi connectivity index (χ4n) is 5.54. The number of nitrogens with zero attached hydrogens (tertiary/aromatic N) is 5. The summed E-state index contributed by atoms with van der Waals surface area (Å²) < 4.78 is 16.8. The van der Waals surface area contributed by atoms with Gasteiger partial charge in [-0.3, -0.25) is 14.4 Å². The number of nitrogens with one attached hydrogen (secondary N) is 1. The molecule has 1 atom stereocenters. The van der Waals surface area contributed by atoms with E-state index in [1.165, 1.54) is 0 Å². The van der Waals surface area contributed by atoms with Crippen molar-refractivity contribution in [1.29, 1.82) is 0 Å². The van der Waals surface area contributed by atoms with E-state index in [-0.39, 0.29) is 36.2 Å². The van der Waals surface area contributed by atoms with Crippen LogP contribution in [0.2, 0.25) is 0 Å². The van der Waals surface area contributed by atoms with E-state index in [1.54, 1.807) is 42.3 Å². The molecule has 0 radical (unpaired) electrons. The first kappa shape index (κ1) is 26.9. The third kappa shape index (κ3) is 6.07. The molecule has 3 amide bonds. The molecule has 3 saturated heterocycles. The highest BCUT2D eigenvalue weighted by Gasteiger charge is 2.36. The van der Waals surface area contributed by atoms with E-state index in [0.29, 0.717) is 73.7 Å². The first-order valence-electron chi connectivity index (χ1n) is 14.0. The molecule has 0 spiro atoms. The summed E-state index contributed by atoms with van der Waals surface area (Å²) in [4.78, 5) is 50.5. The average Bonchev–Trinajstić information content (AvgIpc) is 3.70. The predicted octanol–water partition coefficient (Wildman–Crippen LogP) is 2.86. The summed E-state index contributed by atoms with van der Waals surface area (Å²) in [7, 11) is 0. The number of carbonyl (C=O) groups excluding carboxylic acids is 3. The minimum absolute atomic E-state index is 0.0588. The lowest BCUT2D eigenvalue weighted by Gasteiger charge is -2.31. The van der Waals surface area contributed by atoms with E-state index in [4.69, 9.17) is 14.0 Å². The van der Waals surface area contributed by atoms with Gasteiger partial charge in [0.05, 0.1) is 12.2 Å². The third-order valence-corrected chi connectivity index (χ3v) is 7.70. The topological polar surface area (TPSA) is 140 Å². The van der Waals surface area contributed by atoms with Crippen molar-refractivity contribution < 1.29 is 28.4 Å². The van der Waals surface area contributed by atoms with Gasteiger partial charge in [-0.25, -0.2) is 4.98 Å². The van der Waals surface area contributed by atoms with Crippen molar-refractivity contribution in [2.45, 2.75) is 57.7 Å². The molecule has 3 aromatic rings. The van der Waals surface area contributed by atoms with Gasteiger partial charge in [0.15, 0.2) is 5.82 Å². The maximum Gasteiger partial charge on any atom is 0.276 e. The lowest BCUT2D eigenvalue weighted by atomic mass is 10.1. The van der Waals surface area contributed by atoms with Crippen molar-refractivity contribution in [3.05, 3.63) is 53.5 Å². The average molecular weight is 561 g/mol. The Morgan fingerprint density at radius 1 is 1.15 bits per heavy atom. The van der Waals surface area contributed by atoms with Gasteiger partial charge in [-0.2, -0.15) is 4.98 Å². The van der Waals surface area contributed by atoms with Gasteiger partial charge in [0, 0.05) is 62.9 Å². The standard InChI is InChI=1S/C29H32N6O6/c1-18-31-29(41-33-18)24-7-6-23(15-30-24)40-25-13-19(4-5-20(25)16-34-10-2-3-26(34)36)28(38)32-21-14-27(37)35(17-21)22-8-11-39-12-9-22/h4-7,13,15,21-22H,2-3,8-12,14,16-17H2,1H3,(H,32,38). The van der Waals surface area contributed by atoms with Crippen LogP contribution in [0.5, 0.6) is 11.5 Å². The Hall–Kier alpha value is -4.32. The highest BCUT2D eigenvalue weighted by molar-refractivity contribution is 5.95. The highest BCUT2D eigenvalue weighted by Crippen LogP contribution is 2.30. The van der Waals surface area contributed by atoms with Gasteiger partial charge < -0.3 is 29.1 Å². The molecule has 12 nitrogen and oxygen atoms in total. The zero-order valence-electron chi connectivity index (χ0n) is 22.9. The number of hydrogen-bond acceptors (Lipinski definition) is 9. The normalized spacial score (nSPS) is 19.7. The molecule has 0 bridgehead atoms. The van der Waals surface area contributed by atoms with Crippen LogP contribution in [0, 0.1) is 6.92 Å². The second-order valence-electron chi connectivity index (χ2n) is 10.6. The SMILES string of the molecule is Cc1noc(-c2ccc(Oc3cc(C(=O)NC4CC(=O)N(C5CCOCC5)C4)ccc3CN3CCCC3=O)cn2)n1. The second-order valence-corrected chi connectivity index (χ2v) is 10.6. The van der Waals surface area contributed by atoms with Gasteiger partial charge in [-0.05, 0) is 50.5 Å². The van der Waals surface area contributed by atoms with Crippen molar-refractivity contribution >= 4 is 17.7 Å². The lowest BCUT2D eigenvalue weighted by Crippen LogP contribution is -2.42. The van der Waals surface area contributed by atoms with E-state index in [9.17, 15) is 14.4 Å². The molecule has 1 aromatic carbocycles. The molecule has 3 aliphatic heterocycles. The predicted molar refractivity (Wildman–Crippen MR) is 145 cm³/mol. The number of pyridine rings is 1. The molecule has 0 aliphatic carbocycles. The Kier molecular flexibility index (Phi) is 7.64. The number of carbonyl (C=O) groups is 3. The van der Waals surface area contributed by atoms with Gasteiger partial charge in [0.2, 0.25) is 11.8 Å². The molecule has 5 heterocycles. The minimum atomic E-state index is -0.287. The van der Waals surface area contributed by atoms with E-state index in [1.807, 2.05) is 11.0 Å². The van der Waals surface area contributed by atoms with E-state index in [0.717, 1.165) is 24.8 Å². The van der Waals surface area contributed by atoms with Gasteiger partial charge in [-0.1, -0.05) is 11.2 Å². The van der Waals surface area contributed by atoms with E-state index >= 15 is 0 Å². The maximum absolute atomic E-state index is 13.3. The molecule has 0 saturated carbocycles. The number of aryl methyl sites for hydroxylation is 1. The zero-order valence-corrected chi connectivity index (χ0v) is 22.9. The molecule has 3 fully saturated rings. The smallest absolute Gasteiger partial charge is 0.276 e. The number of amides is 3. The largest absolute Gasteiger partial charge is 0.455 e. The van der Waals surface area contributed by atoms with Gasteiger partial charge >= 0.3 is 0 Å². The Morgan fingerprint density at radius 3 is 2.71 bits per heavy atom. The maximum atomic E-state index is 13.3. The lowest BCUT2D eigenvalue weighted by molar-refractivity contribution is -0.131. The highest BCUT2D eigenvalue weighted by atomic mass is 16.5. The monoisotopic (exact) mass is 560 g/mol. The summed E-state index contributed by atoms with van der Waals surface area (Å²) in [6.07, 6.45) is 4.81. The van der Waals surface area contributed by atoms with E-state index < -0.39 is 0 Å². The summed E-state index contributed by atoms with van der Waals surface area (Å²) >= 11 is 0. The summed E-state index contributed by atoms with van der Waals surface area (Å²) in [5, 5.41) is 6.82. The molecule has 3 aliphatic rings.